The molecule has 3 heterocycles. The van der Waals surface area contributed by atoms with E-state index in [0.717, 1.165) is 16.2 Å². The lowest BCUT2D eigenvalue weighted by Gasteiger charge is -2.21. The Labute approximate surface area is 141 Å². The summed E-state index contributed by atoms with van der Waals surface area (Å²) >= 11 is 1.58. The molecule has 4 rings (SSSR count). The fraction of sp³-hybridized carbons (Fsp3) is 0.111. The van der Waals surface area contributed by atoms with Crippen LogP contribution < -0.4 is 0 Å². The lowest BCUT2D eigenvalue weighted by atomic mass is 10.0. The van der Waals surface area contributed by atoms with Crippen molar-refractivity contribution in [3.63, 3.8) is 0 Å². The van der Waals surface area contributed by atoms with E-state index in [9.17, 15) is 9.18 Å². The second kappa shape index (κ2) is 6.05. The van der Waals surface area contributed by atoms with Gasteiger partial charge in [0.15, 0.2) is 5.76 Å². The maximum absolute atomic E-state index is 13.2. The summed E-state index contributed by atoms with van der Waals surface area (Å²) in [4.78, 5) is 13.8. The monoisotopic (exact) mass is 340 g/mol. The van der Waals surface area contributed by atoms with Gasteiger partial charge in [-0.2, -0.15) is 5.10 Å². The van der Waals surface area contributed by atoms with E-state index in [2.05, 4.69) is 5.10 Å². The number of benzene rings is 1. The number of amides is 1. The highest BCUT2D eigenvalue weighted by Crippen LogP contribution is 2.34. The van der Waals surface area contributed by atoms with Crippen LogP contribution in [0.15, 0.2) is 69.7 Å². The summed E-state index contributed by atoms with van der Waals surface area (Å²) in [5.41, 5.74) is 1.69. The van der Waals surface area contributed by atoms with Crippen molar-refractivity contribution in [1.29, 1.82) is 0 Å². The lowest BCUT2D eigenvalue weighted by molar-refractivity contribution is 0.0678. The fourth-order valence-corrected chi connectivity index (χ4v) is 3.47. The molecule has 1 aromatic carbocycles. The molecule has 1 aliphatic rings. The second-order valence-corrected chi connectivity index (χ2v) is 6.37. The number of nitrogens with zero attached hydrogens (tertiary/aromatic N) is 2. The van der Waals surface area contributed by atoms with E-state index < -0.39 is 0 Å². The van der Waals surface area contributed by atoms with E-state index in [1.807, 2.05) is 17.5 Å². The van der Waals surface area contributed by atoms with Gasteiger partial charge in [-0.05, 0) is 41.3 Å². The summed E-state index contributed by atoms with van der Waals surface area (Å²) in [6.07, 6.45) is 2.04. The highest BCUT2D eigenvalue weighted by Gasteiger charge is 2.34. The Morgan fingerprint density at radius 1 is 1.21 bits per heavy atom. The molecule has 24 heavy (non-hydrogen) atoms. The van der Waals surface area contributed by atoms with Crippen molar-refractivity contribution >= 4 is 23.0 Å². The molecule has 6 heteroatoms. The molecular weight excluding hydrogens is 327 g/mol. The van der Waals surface area contributed by atoms with Crippen LogP contribution in [0, 0.1) is 5.82 Å². The average Bonchev–Trinajstić information content (AvgIpc) is 3.34. The minimum Gasteiger partial charge on any atom is -0.459 e. The van der Waals surface area contributed by atoms with Crippen LogP contribution in [-0.4, -0.2) is 16.6 Å². The van der Waals surface area contributed by atoms with E-state index in [1.165, 1.54) is 23.4 Å². The first kappa shape index (κ1) is 14.8. The Hall–Kier alpha value is -2.73. The van der Waals surface area contributed by atoms with Gasteiger partial charge in [-0.15, -0.1) is 11.3 Å². The number of rotatable bonds is 3. The molecule has 0 bridgehead atoms. The van der Waals surface area contributed by atoms with Gasteiger partial charge >= 0.3 is 5.91 Å². The molecule has 0 radical (unpaired) electrons. The molecule has 0 spiro atoms. The smallest absolute Gasteiger partial charge is 0.310 e. The van der Waals surface area contributed by atoms with Gasteiger partial charge in [0.05, 0.1) is 22.9 Å². The SMILES string of the molecule is O=C(c1ccco1)N1N=C(c2cccs2)CC1c1ccc(F)cc1. The van der Waals surface area contributed by atoms with Crippen molar-refractivity contribution in [1.82, 2.24) is 5.01 Å². The molecule has 0 saturated heterocycles. The summed E-state index contributed by atoms with van der Waals surface area (Å²) in [6.45, 7) is 0. The molecular formula is C18H13FN2O2S. The molecule has 0 saturated carbocycles. The van der Waals surface area contributed by atoms with Crippen molar-refractivity contribution in [2.24, 2.45) is 5.10 Å². The first-order chi connectivity index (χ1) is 11.7. The van der Waals surface area contributed by atoms with Gasteiger partial charge in [-0.25, -0.2) is 9.40 Å². The van der Waals surface area contributed by atoms with Crippen LogP contribution in [0.5, 0.6) is 0 Å². The van der Waals surface area contributed by atoms with Crippen LogP contribution in [0.4, 0.5) is 4.39 Å². The van der Waals surface area contributed by atoms with Crippen LogP contribution in [0.2, 0.25) is 0 Å². The van der Waals surface area contributed by atoms with Gasteiger partial charge < -0.3 is 4.42 Å². The van der Waals surface area contributed by atoms with Gasteiger partial charge in [-0.3, -0.25) is 4.79 Å². The molecule has 1 unspecified atom stereocenters. The van der Waals surface area contributed by atoms with Gasteiger partial charge in [0.1, 0.15) is 5.82 Å². The molecule has 2 aromatic heterocycles. The number of carbonyl (C=O) groups is 1. The molecule has 1 atom stereocenters. The van der Waals surface area contributed by atoms with Gasteiger partial charge in [0, 0.05) is 6.42 Å². The normalized spacial score (nSPS) is 17.1. The number of carbonyl (C=O) groups excluding carboxylic acids is 1. The molecule has 3 aromatic rings. The zero-order valence-corrected chi connectivity index (χ0v) is 13.4. The van der Waals surface area contributed by atoms with Crippen LogP contribution in [0.25, 0.3) is 0 Å². The zero-order chi connectivity index (χ0) is 16.5. The predicted molar refractivity (Wildman–Crippen MR) is 89.5 cm³/mol. The van der Waals surface area contributed by atoms with Crippen molar-refractivity contribution < 1.29 is 13.6 Å². The van der Waals surface area contributed by atoms with E-state index in [4.69, 9.17) is 4.42 Å². The molecule has 4 nitrogen and oxygen atoms in total. The van der Waals surface area contributed by atoms with Gasteiger partial charge in [0.25, 0.3) is 0 Å². The van der Waals surface area contributed by atoms with E-state index in [1.54, 1.807) is 35.6 Å². The number of thiophene rings is 1. The van der Waals surface area contributed by atoms with Gasteiger partial charge in [0.2, 0.25) is 0 Å². The van der Waals surface area contributed by atoms with Gasteiger partial charge in [-0.1, -0.05) is 18.2 Å². The van der Waals surface area contributed by atoms with Crippen molar-refractivity contribution in [2.75, 3.05) is 0 Å². The Morgan fingerprint density at radius 3 is 2.71 bits per heavy atom. The number of hydrogen-bond acceptors (Lipinski definition) is 4. The lowest BCUT2D eigenvalue weighted by Crippen LogP contribution is -2.26. The average molecular weight is 340 g/mol. The van der Waals surface area contributed by atoms with E-state index in [0.29, 0.717) is 6.42 Å². The van der Waals surface area contributed by atoms with Crippen LogP contribution in [0.1, 0.15) is 33.5 Å². The minimum absolute atomic E-state index is 0.235. The molecule has 0 aliphatic carbocycles. The number of halogens is 1. The molecule has 1 amide bonds. The topological polar surface area (TPSA) is 45.8 Å². The quantitative estimate of drug-likeness (QED) is 0.706. The number of furan rings is 1. The van der Waals surface area contributed by atoms with Crippen LogP contribution in [0.3, 0.4) is 0 Å². The summed E-state index contributed by atoms with van der Waals surface area (Å²) in [5, 5.41) is 7.93. The Kier molecular flexibility index (Phi) is 3.74. The zero-order valence-electron chi connectivity index (χ0n) is 12.6. The van der Waals surface area contributed by atoms with Crippen LogP contribution >= 0.6 is 11.3 Å². The third-order valence-corrected chi connectivity index (χ3v) is 4.83. The van der Waals surface area contributed by atoms with Crippen LogP contribution in [-0.2, 0) is 0 Å². The first-order valence-electron chi connectivity index (χ1n) is 7.46. The third kappa shape index (κ3) is 2.65. The minimum atomic E-state index is -0.306. The molecule has 0 fully saturated rings. The Bertz CT molecular complexity index is 870. The number of hydrazone groups is 1. The maximum Gasteiger partial charge on any atom is 0.310 e. The second-order valence-electron chi connectivity index (χ2n) is 5.42. The summed E-state index contributed by atoms with van der Waals surface area (Å²) < 4.78 is 18.4. The summed E-state index contributed by atoms with van der Waals surface area (Å²) in [5.74, 6) is -0.376. The third-order valence-electron chi connectivity index (χ3n) is 3.91. The van der Waals surface area contributed by atoms with Crippen molar-refractivity contribution in [3.8, 4) is 0 Å². The highest BCUT2D eigenvalue weighted by atomic mass is 32.1. The van der Waals surface area contributed by atoms with E-state index >= 15 is 0 Å². The summed E-state index contributed by atoms with van der Waals surface area (Å²) in [6, 6.07) is 13.1. The fourth-order valence-electron chi connectivity index (χ4n) is 2.75. The predicted octanol–water partition coefficient (Wildman–Crippen LogP) is 4.47. The first-order valence-corrected chi connectivity index (χ1v) is 8.34. The molecule has 120 valence electrons. The summed E-state index contributed by atoms with van der Waals surface area (Å²) in [7, 11) is 0. The maximum atomic E-state index is 13.2. The van der Waals surface area contributed by atoms with Crippen molar-refractivity contribution in [2.45, 2.75) is 12.5 Å². The molecule has 1 aliphatic heterocycles. The number of hydrogen-bond donors (Lipinski definition) is 0. The largest absolute Gasteiger partial charge is 0.459 e. The van der Waals surface area contributed by atoms with E-state index in [-0.39, 0.29) is 23.5 Å². The molecule has 0 N–H and O–H groups in total. The highest BCUT2D eigenvalue weighted by molar-refractivity contribution is 7.12. The van der Waals surface area contributed by atoms with Crippen molar-refractivity contribution in [3.05, 3.63) is 82.2 Å². The Balaban J connectivity index is 1.72. The standard InChI is InChI=1S/C18H13FN2O2S/c19-13-7-5-12(6-8-13)15-11-14(17-4-2-10-24-17)20-21(15)18(22)16-3-1-9-23-16/h1-10,15H,11H2. The Morgan fingerprint density at radius 2 is 2.04 bits per heavy atom.